The van der Waals surface area contributed by atoms with E-state index in [0.29, 0.717) is 25.1 Å². The van der Waals surface area contributed by atoms with Crippen molar-refractivity contribution in [3.63, 3.8) is 0 Å². The summed E-state index contributed by atoms with van der Waals surface area (Å²) in [5, 5.41) is 9.30. The molecule has 0 saturated heterocycles. The number of halogens is 1. The molecule has 19 heavy (non-hydrogen) atoms. The van der Waals surface area contributed by atoms with Crippen LogP contribution in [0.5, 0.6) is 5.75 Å². The van der Waals surface area contributed by atoms with E-state index in [4.69, 9.17) is 4.74 Å². The lowest BCUT2D eigenvalue weighted by atomic mass is 9.68. The lowest BCUT2D eigenvalue weighted by Crippen LogP contribution is -2.46. The van der Waals surface area contributed by atoms with Crippen LogP contribution < -0.4 is 9.64 Å². The van der Waals surface area contributed by atoms with Crippen molar-refractivity contribution < 1.29 is 19.0 Å². The molecule has 1 aliphatic rings. The van der Waals surface area contributed by atoms with Gasteiger partial charge < -0.3 is 14.7 Å². The average Bonchev–Trinajstić information content (AvgIpc) is 2.32. The summed E-state index contributed by atoms with van der Waals surface area (Å²) in [5.74, 6) is -1.02. The Labute approximate surface area is 111 Å². The van der Waals surface area contributed by atoms with Crippen LogP contribution in [0.1, 0.15) is 19.3 Å². The fourth-order valence-electron chi connectivity index (χ4n) is 2.48. The maximum atomic E-state index is 13.6. The third-order valence-corrected chi connectivity index (χ3v) is 3.88. The van der Waals surface area contributed by atoms with E-state index < -0.39 is 17.2 Å². The molecule has 1 aliphatic carbocycles. The van der Waals surface area contributed by atoms with Gasteiger partial charge in [0.2, 0.25) is 0 Å². The van der Waals surface area contributed by atoms with E-state index in [1.54, 1.807) is 24.1 Å². The van der Waals surface area contributed by atoms with E-state index in [2.05, 4.69) is 0 Å². The number of methoxy groups -OCH3 is 1. The van der Waals surface area contributed by atoms with Crippen LogP contribution in [0.3, 0.4) is 0 Å². The van der Waals surface area contributed by atoms with Crippen LogP contribution in [0.15, 0.2) is 18.2 Å². The first-order valence-electron chi connectivity index (χ1n) is 6.26. The molecule has 0 bridgehead atoms. The van der Waals surface area contributed by atoms with Gasteiger partial charge in [-0.25, -0.2) is 4.39 Å². The number of hydrogen-bond donors (Lipinski definition) is 1. The van der Waals surface area contributed by atoms with E-state index >= 15 is 0 Å². The third-order valence-electron chi connectivity index (χ3n) is 3.88. The molecule has 1 saturated carbocycles. The molecule has 0 heterocycles. The average molecular weight is 267 g/mol. The summed E-state index contributed by atoms with van der Waals surface area (Å²) >= 11 is 0. The molecular formula is C14H18FNO3. The van der Waals surface area contributed by atoms with Crippen LogP contribution in [0.25, 0.3) is 0 Å². The largest absolute Gasteiger partial charge is 0.494 e. The van der Waals surface area contributed by atoms with Crippen LogP contribution >= 0.6 is 0 Å². The van der Waals surface area contributed by atoms with E-state index in [0.717, 1.165) is 6.42 Å². The first kappa shape index (κ1) is 13.6. The van der Waals surface area contributed by atoms with Gasteiger partial charge in [0.1, 0.15) is 0 Å². The van der Waals surface area contributed by atoms with Crippen molar-refractivity contribution in [2.75, 3.05) is 25.6 Å². The number of rotatable bonds is 5. The first-order chi connectivity index (χ1) is 8.98. The van der Waals surface area contributed by atoms with E-state index in [1.807, 2.05) is 0 Å². The molecule has 1 aromatic carbocycles. The lowest BCUT2D eigenvalue weighted by molar-refractivity contribution is -0.153. The number of ether oxygens (including phenoxy) is 1. The smallest absolute Gasteiger partial charge is 0.311 e. The number of nitrogens with zero attached hydrogens (tertiary/aromatic N) is 1. The Balaban J connectivity index is 2.13. The number of anilines is 1. The zero-order chi connectivity index (χ0) is 14.0. The standard InChI is InChI=1S/C14H18FNO3/c1-16(9-14(13(17)18)6-3-7-14)10-4-5-12(19-2)11(15)8-10/h4-5,8H,3,6-7,9H2,1-2H3,(H,17,18). The van der Waals surface area contributed by atoms with Crippen LogP contribution in [-0.2, 0) is 4.79 Å². The van der Waals surface area contributed by atoms with Crippen LogP contribution in [0, 0.1) is 11.2 Å². The first-order valence-corrected chi connectivity index (χ1v) is 6.26. The Morgan fingerprint density at radius 2 is 2.21 bits per heavy atom. The fraction of sp³-hybridized carbons (Fsp3) is 0.500. The molecule has 104 valence electrons. The Bertz CT molecular complexity index is 486. The minimum absolute atomic E-state index is 0.189. The molecule has 0 unspecified atom stereocenters. The highest BCUT2D eigenvalue weighted by Crippen LogP contribution is 2.42. The molecule has 0 amide bonds. The molecule has 0 atom stereocenters. The molecule has 0 aliphatic heterocycles. The normalized spacial score (nSPS) is 16.6. The summed E-state index contributed by atoms with van der Waals surface area (Å²) in [5.41, 5.74) is -0.0173. The molecule has 1 aromatic rings. The van der Waals surface area contributed by atoms with Gasteiger partial charge in [0.15, 0.2) is 11.6 Å². The number of carbonyl (C=O) groups is 1. The van der Waals surface area contributed by atoms with Gasteiger partial charge in [-0.1, -0.05) is 6.42 Å². The number of benzene rings is 1. The summed E-state index contributed by atoms with van der Waals surface area (Å²) in [6.45, 7) is 0.397. The van der Waals surface area contributed by atoms with E-state index in [-0.39, 0.29) is 5.75 Å². The highest BCUT2D eigenvalue weighted by molar-refractivity contribution is 5.76. The molecule has 2 rings (SSSR count). The minimum atomic E-state index is -0.764. The summed E-state index contributed by atoms with van der Waals surface area (Å²) in [7, 11) is 3.19. The lowest BCUT2D eigenvalue weighted by Gasteiger charge is -2.41. The molecule has 0 aromatic heterocycles. The predicted molar refractivity (Wildman–Crippen MR) is 70.1 cm³/mol. The Morgan fingerprint density at radius 1 is 1.53 bits per heavy atom. The summed E-state index contributed by atoms with van der Waals surface area (Å²) < 4.78 is 18.5. The van der Waals surface area contributed by atoms with Crippen molar-refractivity contribution in [2.24, 2.45) is 5.41 Å². The van der Waals surface area contributed by atoms with Gasteiger partial charge in [-0.15, -0.1) is 0 Å². The fourth-order valence-corrected chi connectivity index (χ4v) is 2.48. The number of hydrogen-bond acceptors (Lipinski definition) is 3. The Morgan fingerprint density at radius 3 is 2.63 bits per heavy atom. The molecule has 0 spiro atoms. The zero-order valence-corrected chi connectivity index (χ0v) is 11.1. The van der Waals surface area contributed by atoms with Crippen molar-refractivity contribution in [3.05, 3.63) is 24.0 Å². The molecule has 0 radical (unpaired) electrons. The molecule has 1 N–H and O–H groups in total. The number of carboxylic acids is 1. The quantitative estimate of drug-likeness (QED) is 0.890. The van der Waals surface area contributed by atoms with E-state index in [1.165, 1.54) is 13.2 Å². The van der Waals surface area contributed by atoms with Crippen LogP contribution in [-0.4, -0.2) is 31.8 Å². The Hall–Kier alpha value is -1.78. The second kappa shape index (κ2) is 5.07. The molecular weight excluding hydrogens is 249 g/mol. The van der Waals surface area contributed by atoms with Gasteiger partial charge in [0.05, 0.1) is 12.5 Å². The predicted octanol–water partition coefficient (Wildman–Crippen LogP) is 2.53. The summed E-state index contributed by atoms with van der Waals surface area (Å²) in [6, 6.07) is 4.65. The van der Waals surface area contributed by atoms with Crippen molar-refractivity contribution in [2.45, 2.75) is 19.3 Å². The van der Waals surface area contributed by atoms with Crippen LogP contribution in [0.2, 0.25) is 0 Å². The Kier molecular flexibility index (Phi) is 3.64. The van der Waals surface area contributed by atoms with Gasteiger partial charge in [0, 0.05) is 25.3 Å². The molecule has 5 heteroatoms. The van der Waals surface area contributed by atoms with Crippen LogP contribution in [0.4, 0.5) is 10.1 Å². The number of aliphatic carboxylic acids is 1. The van der Waals surface area contributed by atoms with Crippen molar-refractivity contribution in [1.29, 1.82) is 0 Å². The maximum Gasteiger partial charge on any atom is 0.311 e. The van der Waals surface area contributed by atoms with Crippen molar-refractivity contribution >= 4 is 11.7 Å². The topological polar surface area (TPSA) is 49.8 Å². The van der Waals surface area contributed by atoms with Gasteiger partial charge in [0.25, 0.3) is 0 Å². The van der Waals surface area contributed by atoms with Gasteiger partial charge in [-0.2, -0.15) is 0 Å². The summed E-state index contributed by atoms with van der Waals surface area (Å²) in [4.78, 5) is 13.1. The van der Waals surface area contributed by atoms with Crippen molar-refractivity contribution in [1.82, 2.24) is 0 Å². The minimum Gasteiger partial charge on any atom is -0.494 e. The van der Waals surface area contributed by atoms with Gasteiger partial charge in [-0.05, 0) is 25.0 Å². The van der Waals surface area contributed by atoms with E-state index in [9.17, 15) is 14.3 Å². The molecule has 1 fully saturated rings. The second-order valence-corrected chi connectivity index (χ2v) is 5.11. The SMILES string of the molecule is COc1ccc(N(C)CC2(C(=O)O)CCC2)cc1F. The maximum absolute atomic E-state index is 13.6. The third kappa shape index (κ3) is 2.50. The van der Waals surface area contributed by atoms with Gasteiger partial charge >= 0.3 is 5.97 Å². The molecule has 4 nitrogen and oxygen atoms in total. The highest BCUT2D eigenvalue weighted by Gasteiger charge is 2.45. The van der Waals surface area contributed by atoms with Gasteiger partial charge in [-0.3, -0.25) is 4.79 Å². The van der Waals surface area contributed by atoms with Crippen molar-refractivity contribution in [3.8, 4) is 5.75 Å². The highest BCUT2D eigenvalue weighted by atomic mass is 19.1. The monoisotopic (exact) mass is 267 g/mol. The second-order valence-electron chi connectivity index (χ2n) is 5.11. The number of carboxylic acid groups (broad SMARTS) is 1. The summed E-state index contributed by atoms with van der Waals surface area (Å²) in [6.07, 6.45) is 2.31. The zero-order valence-electron chi connectivity index (χ0n) is 11.1.